The summed E-state index contributed by atoms with van der Waals surface area (Å²) in [5.74, 6) is -0.618. The Bertz CT molecular complexity index is 1300. The van der Waals surface area contributed by atoms with Crippen LogP contribution in [0.4, 0.5) is 0 Å². The highest BCUT2D eigenvalue weighted by Gasteiger charge is 2.25. The molecule has 1 aromatic heterocycles. The molecule has 4 aromatic rings. The van der Waals surface area contributed by atoms with Gasteiger partial charge < -0.3 is 9.84 Å². The number of benzene rings is 3. The zero-order valence-corrected chi connectivity index (χ0v) is 15.1. The van der Waals surface area contributed by atoms with Crippen molar-refractivity contribution >= 4 is 37.7 Å². The lowest BCUT2D eigenvalue weighted by atomic mass is 10.1. The predicted octanol–water partition coefficient (Wildman–Crippen LogP) is 3.74. The van der Waals surface area contributed by atoms with Gasteiger partial charge in [-0.3, -0.25) is 0 Å². The van der Waals surface area contributed by atoms with E-state index in [9.17, 15) is 18.3 Å². The highest BCUT2D eigenvalue weighted by atomic mass is 32.2. The Morgan fingerprint density at radius 2 is 1.56 bits per heavy atom. The van der Waals surface area contributed by atoms with E-state index in [0.717, 1.165) is 10.2 Å². The predicted molar refractivity (Wildman–Crippen MR) is 102 cm³/mol. The van der Waals surface area contributed by atoms with Crippen LogP contribution in [0.15, 0.2) is 71.8 Å². The van der Waals surface area contributed by atoms with Crippen molar-refractivity contribution in [3.63, 3.8) is 0 Å². The second-order valence-corrected chi connectivity index (χ2v) is 7.76. The van der Waals surface area contributed by atoms with Gasteiger partial charge in [0.05, 0.1) is 23.1 Å². The Labute approximate surface area is 155 Å². The number of para-hydroxylation sites is 1. The van der Waals surface area contributed by atoms with Crippen molar-refractivity contribution in [1.82, 2.24) is 3.97 Å². The number of aromatic nitrogens is 1. The first kappa shape index (κ1) is 17.1. The smallest absolute Gasteiger partial charge is 0.337 e. The molecule has 0 amide bonds. The molecule has 0 fully saturated rings. The second-order valence-electron chi connectivity index (χ2n) is 5.98. The van der Waals surface area contributed by atoms with E-state index < -0.39 is 16.0 Å². The topological polar surface area (TPSA) is 85.6 Å². The quantitative estimate of drug-likeness (QED) is 0.582. The molecule has 3 aromatic carbocycles. The summed E-state index contributed by atoms with van der Waals surface area (Å²) in [6, 6.07) is 16.6. The van der Waals surface area contributed by atoms with E-state index in [-0.39, 0.29) is 10.5 Å². The molecule has 0 aliphatic rings. The molecule has 136 valence electrons. The summed E-state index contributed by atoms with van der Waals surface area (Å²) in [5.41, 5.74) is 0.252. The molecule has 0 radical (unpaired) electrons. The first-order valence-electron chi connectivity index (χ1n) is 8.10. The molecule has 0 aliphatic carbocycles. The first-order chi connectivity index (χ1) is 12.9. The van der Waals surface area contributed by atoms with Gasteiger partial charge in [-0.2, -0.15) is 0 Å². The first-order valence-corrected chi connectivity index (χ1v) is 9.54. The molecule has 0 bridgehead atoms. The second kappa shape index (κ2) is 6.14. The molecule has 7 heteroatoms. The van der Waals surface area contributed by atoms with Crippen molar-refractivity contribution in [3.8, 4) is 5.75 Å². The van der Waals surface area contributed by atoms with Gasteiger partial charge in [0, 0.05) is 22.4 Å². The fourth-order valence-corrected chi connectivity index (χ4v) is 4.84. The number of nitrogens with zero attached hydrogens (tertiary/aromatic N) is 1. The fourth-order valence-electron chi connectivity index (χ4n) is 3.27. The van der Waals surface area contributed by atoms with E-state index in [4.69, 9.17) is 4.74 Å². The maximum absolute atomic E-state index is 13.4. The molecule has 0 spiro atoms. The van der Waals surface area contributed by atoms with E-state index in [2.05, 4.69) is 0 Å². The number of rotatable bonds is 4. The number of ether oxygens (including phenoxy) is 1. The van der Waals surface area contributed by atoms with Gasteiger partial charge in [-0.15, -0.1) is 0 Å². The molecule has 27 heavy (non-hydrogen) atoms. The largest absolute Gasteiger partial charge is 0.496 e. The van der Waals surface area contributed by atoms with E-state index in [1.807, 2.05) is 0 Å². The number of carboxylic acid groups (broad SMARTS) is 1. The van der Waals surface area contributed by atoms with Crippen LogP contribution in [0.2, 0.25) is 0 Å². The summed E-state index contributed by atoms with van der Waals surface area (Å²) in [5, 5.41) is 11.0. The SMILES string of the molecule is COc1ccc(S(=O)(=O)n2cc(C(=O)O)c3ccccc32)c2ccccc12. The number of carbonyl (C=O) groups is 1. The monoisotopic (exact) mass is 381 g/mol. The van der Waals surface area contributed by atoms with Gasteiger partial charge >= 0.3 is 5.97 Å². The number of hydrogen-bond acceptors (Lipinski definition) is 4. The van der Waals surface area contributed by atoms with Crippen molar-refractivity contribution in [2.45, 2.75) is 4.90 Å². The molecule has 0 saturated carbocycles. The standard InChI is InChI=1S/C20H15NO5S/c1-26-18-10-11-19(15-8-3-2-7-14(15)18)27(24,25)21-12-16(20(22)23)13-6-4-5-9-17(13)21/h2-12H,1H3,(H,22,23). The van der Waals surface area contributed by atoms with Crippen molar-refractivity contribution in [1.29, 1.82) is 0 Å². The van der Waals surface area contributed by atoms with Gasteiger partial charge in [0.1, 0.15) is 5.75 Å². The fraction of sp³-hybridized carbons (Fsp3) is 0.0500. The van der Waals surface area contributed by atoms with Crippen molar-refractivity contribution in [3.05, 3.63) is 72.4 Å². The third-order valence-corrected chi connectivity index (χ3v) is 6.24. The third kappa shape index (κ3) is 2.55. The number of hydrogen-bond donors (Lipinski definition) is 1. The zero-order chi connectivity index (χ0) is 19.2. The molecule has 0 atom stereocenters. The number of aromatic carboxylic acids is 1. The Balaban J connectivity index is 2.06. The van der Waals surface area contributed by atoms with Gasteiger partial charge in [0.2, 0.25) is 0 Å². The third-order valence-electron chi connectivity index (χ3n) is 4.51. The van der Waals surface area contributed by atoms with Crippen LogP contribution in [0, 0.1) is 0 Å². The Kier molecular flexibility index (Phi) is 3.89. The average molecular weight is 381 g/mol. The van der Waals surface area contributed by atoms with Crippen LogP contribution in [0.1, 0.15) is 10.4 Å². The van der Waals surface area contributed by atoms with Crippen LogP contribution in [0.5, 0.6) is 5.75 Å². The van der Waals surface area contributed by atoms with Gasteiger partial charge in [-0.1, -0.05) is 42.5 Å². The molecule has 0 unspecified atom stereocenters. The zero-order valence-electron chi connectivity index (χ0n) is 14.3. The lowest BCUT2D eigenvalue weighted by Gasteiger charge is -2.12. The molecular formula is C20H15NO5S. The molecular weight excluding hydrogens is 366 g/mol. The summed E-state index contributed by atoms with van der Waals surface area (Å²) < 4.78 is 33.2. The highest BCUT2D eigenvalue weighted by molar-refractivity contribution is 7.90. The van der Waals surface area contributed by atoms with E-state index in [1.165, 1.54) is 13.2 Å². The molecule has 1 heterocycles. The molecule has 0 saturated heterocycles. The molecule has 1 N–H and O–H groups in total. The van der Waals surface area contributed by atoms with Gasteiger partial charge in [-0.05, 0) is 18.2 Å². The molecule has 0 aliphatic heterocycles. The maximum atomic E-state index is 13.4. The average Bonchev–Trinajstić information content (AvgIpc) is 3.08. The normalized spacial score (nSPS) is 11.7. The minimum Gasteiger partial charge on any atom is -0.496 e. The minimum absolute atomic E-state index is 0.0630. The minimum atomic E-state index is -4.03. The lowest BCUT2D eigenvalue weighted by Crippen LogP contribution is -2.12. The van der Waals surface area contributed by atoms with Gasteiger partial charge in [-0.25, -0.2) is 17.2 Å². The highest BCUT2D eigenvalue weighted by Crippen LogP contribution is 2.33. The van der Waals surface area contributed by atoms with Crippen molar-refractivity contribution < 1.29 is 23.1 Å². The van der Waals surface area contributed by atoms with E-state index in [0.29, 0.717) is 27.4 Å². The van der Waals surface area contributed by atoms with Crippen molar-refractivity contribution in [2.75, 3.05) is 7.11 Å². The Hall–Kier alpha value is -3.32. The van der Waals surface area contributed by atoms with Gasteiger partial charge in [0.15, 0.2) is 0 Å². The lowest BCUT2D eigenvalue weighted by molar-refractivity contribution is 0.0699. The van der Waals surface area contributed by atoms with Crippen molar-refractivity contribution in [2.24, 2.45) is 0 Å². The maximum Gasteiger partial charge on any atom is 0.337 e. The summed E-state index contributed by atoms with van der Waals surface area (Å²) in [6.45, 7) is 0. The Morgan fingerprint density at radius 3 is 2.22 bits per heavy atom. The number of fused-ring (bicyclic) bond motifs is 2. The summed E-state index contributed by atoms with van der Waals surface area (Å²) in [6.07, 6.45) is 1.15. The molecule has 4 rings (SSSR count). The van der Waals surface area contributed by atoms with Crippen LogP contribution < -0.4 is 4.74 Å². The van der Waals surface area contributed by atoms with E-state index >= 15 is 0 Å². The van der Waals surface area contributed by atoms with Crippen LogP contribution in [-0.4, -0.2) is 30.6 Å². The van der Waals surface area contributed by atoms with Crippen LogP contribution >= 0.6 is 0 Å². The van der Waals surface area contributed by atoms with Crippen LogP contribution in [0.25, 0.3) is 21.7 Å². The molecule has 6 nitrogen and oxygen atoms in total. The number of carboxylic acids is 1. The summed E-state index contributed by atoms with van der Waals surface area (Å²) in [7, 11) is -2.51. The van der Waals surface area contributed by atoms with Gasteiger partial charge in [0.25, 0.3) is 10.0 Å². The Morgan fingerprint density at radius 1 is 0.926 bits per heavy atom. The van der Waals surface area contributed by atoms with E-state index in [1.54, 1.807) is 54.6 Å². The van der Waals surface area contributed by atoms with Crippen LogP contribution in [-0.2, 0) is 10.0 Å². The van der Waals surface area contributed by atoms with Crippen LogP contribution in [0.3, 0.4) is 0 Å². The summed E-state index contributed by atoms with van der Waals surface area (Å²) in [4.78, 5) is 11.6. The summed E-state index contributed by atoms with van der Waals surface area (Å²) >= 11 is 0. The number of methoxy groups -OCH3 is 1.